The minimum atomic E-state index is -0.611. The van der Waals surface area contributed by atoms with Crippen molar-refractivity contribution in [2.24, 2.45) is 17.6 Å². The minimum Gasteiger partial charge on any atom is -0.369 e. The number of likely N-dealkylation sites (tertiary alicyclic amines) is 1. The molecule has 33 heavy (non-hydrogen) atoms. The molecule has 2 aliphatic heterocycles. The van der Waals surface area contributed by atoms with Gasteiger partial charge < -0.3 is 15.5 Å². The molecule has 6 nitrogen and oxygen atoms in total. The van der Waals surface area contributed by atoms with Crippen molar-refractivity contribution >= 4 is 46.8 Å². The predicted octanol–water partition coefficient (Wildman–Crippen LogP) is 3.85. The summed E-state index contributed by atoms with van der Waals surface area (Å²) >= 11 is 7.62. The first kappa shape index (κ1) is 23.6. The van der Waals surface area contributed by atoms with Gasteiger partial charge in [-0.05, 0) is 42.7 Å². The number of hydrogen-bond donors (Lipinski definition) is 1. The smallest absolute Gasteiger partial charge is 0.241 e. The fourth-order valence-electron chi connectivity index (χ4n) is 4.34. The van der Waals surface area contributed by atoms with Crippen molar-refractivity contribution in [1.29, 1.82) is 0 Å². The normalized spacial score (nSPS) is 19.8. The summed E-state index contributed by atoms with van der Waals surface area (Å²) < 4.78 is 13.5. The van der Waals surface area contributed by atoms with Crippen molar-refractivity contribution in [1.82, 2.24) is 4.90 Å². The molecular formula is C24H25ClFN3O3S. The van der Waals surface area contributed by atoms with Crippen LogP contribution in [0.1, 0.15) is 25.3 Å². The molecule has 0 radical (unpaired) electrons. The monoisotopic (exact) mass is 489 g/mol. The second kappa shape index (κ2) is 9.73. The van der Waals surface area contributed by atoms with Gasteiger partial charge >= 0.3 is 0 Å². The Morgan fingerprint density at radius 2 is 1.91 bits per heavy atom. The number of nitrogens with zero attached hydrogens (tertiary/aromatic N) is 2. The van der Waals surface area contributed by atoms with Crippen LogP contribution in [0.2, 0.25) is 5.02 Å². The number of rotatable bonds is 5. The van der Waals surface area contributed by atoms with Crippen LogP contribution in [-0.4, -0.2) is 41.0 Å². The Morgan fingerprint density at radius 1 is 1.21 bits per heavy atom. The van der Waals surface area contributed by atoms with Crippen LogP contribution >= 0.6 is 23.4 Å². The van der Waals surface area contributed by atoms with Crippen molar-refractivity contribution in [2.75, 3.05) is 18.0 Å². The molecule has 2 heterocycles. The zero-order valence-electron chi connectivity index (χ0n) is 18.2. The van der Waals surface area contributed by atoms with E-state index < -0.39 is 17.0 Å². The predicted molar refractivity (Wildman–Crippen MR) is 126 cm³/mol. The number of halogens is 2. The highest BCUT2D eigenvalue weighted by Gasteiger charge is 2.41. The number of primary amides is 1. The summed E-state index contributed by atoms with van der Waals surface area (Å²) in [6.45, 7) is 2.85. The van der Waals surface area contributed by atoms with Crippen LogP contribution in [0.15, 0.2) is 47.4 Å². The van der Waals surface area contributed by atoms with Crippen molar-refractivity contribution in [3.63, 3.8) is 0 Å². The van der Waals surface area contributed by atoms with E-state index in [9.17, 15) is 18.8 Å². The van der Waals surface area contributed by atoms with Crippen LogP contribution in [0, 0.1) is 17.7 Å². The lowest BCUT2D eigenvalue weighted by atomic mass is 9.94. The molecule has 0 bridgehead atoms. The molecule has 0 spiro atoms. The second-order valence-electron chi connectivity index (χ2n) is 8.46. The second-order valence-corrected chi connectivity index (χ2v) is 10.0. The van der Waals surface area contributed by atoms with E-state index in [4.69, 9.17) is 17.3 Å². The molecule has 0 aromatic heterocycles. The average molecular weight is 490 g/mol. The van der Waals surface area contributed by atoms with E-state index in [1.54, 1.807) is 22.8 Å². The Labute approximate surface area is 201 Å². The SMILES string of the molecule is CC(C(=O)N1CCC(C(N)=O)CC1)C1Sc2ccccc2N(Cc2ccc(F)cc2Cl)C1=O. The molecule has 0 saturated carbocycles. The van der Waals surface area contributed by atoms with E-state index in [1.165, 1.54) is 23.9 Å². The maximum Gasteiger partial charge on any atom is 0.241 e. The summed E-state index contributed by atoms with van der Waals surface area (Å²) in [6, 6.07) is 11.6. The molecule has 3 amide bonds. The van der Waals surface area contributed by atoms with Gasteiger partial charge in [-0.2, -0.15) is 0 Å². The Kier molecular flexibility index (Phi) is 6.95. The van der Waals surface area contributed by atoms with Crippen LogP contribution in [0.3, 0.4) is 0 Å². The van der Waals surface area contributed by atoms with Gasteiger partial charge in [-0.1, -0.05) is 36.7 Å². The number of thioether (sulfide) groups is 1. The largest absolute Gasteiger partial charge is 0.369 e. The molecule has 174 valence electrons. The highest BCUT2D eigenvalue weighted by Crippen LogP contribution is 2.43. The Balaban J connectivity index is 1.56. The lowest BCUT2D eigenvalue weighted by Gasteiger charge is -2.38. The molecule has 1 saturated heterocycles. The number of carbonyl (C=O) groups is 3. The van der Waals surface area contributed by atoms with Crippen molar-refractivity contribution < 1.29 is 18.8 Å². The summed E-state index contributed by atoms with van der Waals surface area (Å²) in [5, 5.41) is -0.364. The molecule has 2 aromatic carbocycles. The topological polar surface area (TPSA) is 83.7 Å². The fraction of sp³-hybridized carbons (Fsp3) is 0.375. The van der Waals surface area contributed by atoms with Crippen molar-refractivity contribution in [2.45, 2.75) is 36.5 Å². The summed E-state index contributed by atoms with van der Waals surface area (Å²) in [5.41, 5.74) is 6.77. The Morgan fingerprint density at radius 3 is 2.58 bits per heavy atom. The first-order chi connectivity index (χ1) is 15.8. The molecule has 2 aromatic rings. The molecule has 2 atom stereocenters. The lowest BCUT2D eigenvalue weighted by molar-refractivity contribution is -0.139. The van der Waals surface area contributed by atoms with Crippen LogP contribution in [0.4, 0.5) is 10.1 Å². The number of nitrogens with two attached hydrogens (primary N) is 1. The van der Waals surface area contributed by atoms with Gasteiger partial charge in [0.15, 0.2) is 0 Å². The number of hydrogen-bond acceptors (Lipinski definition) is 4. The number of benzene rings is 2. The van der Waals surface area contributed by atoms with E-state index in [2.05, 4.69) is 0 Å². The van der Waals surface area contributed by atoms with Crippen molar-refractivity contribution in [3.8, 4) is 0 Å². The fourth-order valence-corrected chi connectivity index (χ4v) is 5.85. The summed E-state index contributed by atoms with van der Waals surface area (Å²) in [7, 11) is 0. The molecular weight excluding hydrogens is 465 g/mol. The quantitative estimate of drug-likeness (QED) is 0.691. The van der Waals surface area contributed by atoms with E-state index in [-0.39, 0.29) is 35.2 Å². The number of para-hydroxylation sites is 1. The minimum absolute atomic E-state index is 0.108. The van der Waals surface area contributed by atoms with Gasteiger partial charge in [0.05, 0.1) is 18.2 Å². The van der Waals surface area contributed by atoms with Crippen molar-refractivity contribution in [3.05, 3.63) is 58.9 Å². The summed E-state index contributed by atoms with van der Waals surface area (Å²) in [4.78, 5) is 42.5. The first-order valence-corrected chi connectivity index (χ1v) is 12.1. The highest BCUT2D eigenvalue weighted by atomic mass is 35.5. The zero-order chi connectivity index (χ0) is 23.7. The van der Waals surface area contributed by atoms with E-state index in [0.29, 0.717) is 31.5 Å². The summed E-state index contributed by atoms with van der Waals surface area (Å²) in [5.74, 6) is -1.85. The molecule has 1 fully saturated rings. The van der Waals surface area contributed by atoms with Crippen LogP contribution in [0.25, 0.3) is 0 Å². The zero-order valence-corrected chi connectivity index (χ0v) is 19.7. The maximum absolute atomic E-state index is 13.6. The number of piperidine rings is 1. The Bertz CT molecular complexity index is 1090. The van der Waals surface area contributed by atoms with Crippen LogP contribution < -0.4 is 10.6 Å². The third kappa shape index (κ3) is 4.87. The number of carbonyl (C=O) groups excluding carboxylic acids is 3. The van der Waals surface area contributed by atoms with Gasteiger partial charge in [-0.3, -0.25) is 14.4 Å². The molecule has 2 aliphatic rings. The molecule has 2 N–H and O–H groups in total. The van der Waals surface area contributed by atoms with Gasteiger partial charge in [-0.15, -0.1) is 11.8 Å². The molecule has 0 aliphatic carbocycles. The van der Waals surface area contributed by atoms with E-state index in [0.717, 1.165) is 10.6 Å². The van der Waals surface area contributed by atoms with Gasteiger partial charge in [-0.25, -0.2) is 4.39 Å². The van der Waals surface area contributed by atoms with Gasteiger partial charge in [0.25, 0.3) is 0 Å². The maximum atomic E-state index is 13.6. The first-order valence-electron chi connectivity index (χ1n) is 10.9. The number of fused-ring (bicyclic) bond motifs is 1. The Hall–Kier alpha value is -2.58. The van der Waals surface area contributed by atoms with Gasteiger partial charge in [0.2, 0.25) is 17.7 Å². The molecule has 4 rings (SSSR count). The van der Waals surface area contributed by atoms with E-state index >= 15 is 0 Å². The standard InChI is InChI=1S/C24H25ClFN3O3S/c1-14(23(31)28-10-8-15(9-11-28)22(27)30)21-24(32)29(19-4-2-3-5-20(19)33-21)13-16-6-7-17(26)12-18(16)25/h2-7,12,14-15,21H,8-11,13H2,1H3,(H2,27,30). The van der Waals surface area contributed by atoms with Crippen LogP contribution in [-0.2, 0) is 20.9 Å². The van der Waals surface area contributed by atoms with Crippen LogP contribution in [0.5, 0.6) is 0 Å². The van der Waals surface area contributed by atoms with Gasteiger partial charge in [0.1, 0.15) is 11.1 Å². The molecule has 2 unspecified atom stereocenters. The average Bonchev–Trinajstić information content (AvgIpc) is 2.81. The lowest BCUT2D eigenvalue weighted by Crippen LogP contribution is -2.50. The highest BCUT2D eigenvalue weighted by molar-refractivity contribution is 8.01. The van der Waals surface area contributed by atoms with E-state index in [1.807, 2.05) is 24.3 Å². The van der Waals surface area contributed by atoms with Gasteiger partial charge in [0, 0.05) is 28.9 Å². The third-order valence-corrected chi connectivity index (χ3v) is 8.13. The third-order valence-electron chi connectivity index (χ3n) is 6.32. The number of anilines is 1. The molecule has 9 heteroatoms. The number of amides is 3. The summed E-state index contributed by atoms with van der Waals surface area (Å²) in [6.07, 6.45) is 1.08.